The van der Waals surface area contributed by atoms with Crippen molar-refractivity contribution in [3.8, 4) is 5.75 Å². The summed E-state index contributed by atoms with van der Waals surface area (Å²) in [5, 5.41) is 0. The number of benzene rings is 1. The molecule has 0 amide bonds. The number of ether oxygens (including phenoxy) is 1. The van der Waals surface area contributed by atoms with Crippen molar-refractivity contribution in [2.75, 3.05) is 19.7 Å². The first-order valence-corrected chi connectivity index (χ1v) is 7.31. The van der Waals surface area contributed by atoms with E-state index in [0.717, 1.165) is 18.6 Å². The molecule has 1 rings (SSSR count). The van der Waals surface area contributed by atoms with Crippen LogP contribution in [0, 0.1) is 5.92 Å². The Balaban J connectivity index is 2.86. The van der Waals surface area contributed by atoms with Gasteiger partial charge in [0, 0.05) is 0 Å². The highest BCUT2D eigenvalue weighted by molar-refractivity contribution is 5.37. The highest BCUT2D eigenvalue weighted by Gasteiger charge is 2.15. The molecule has 0 aliphatic heterocycles. The SMILES string of the molecule is CCOc1ccc(C(C)CC(CN)CN)c(CC)c1. The van der Waals surface area contributed by atoms with Crippen LogP contribution in [0.1, 0.15) is 44.2 Å². The average Bonchev–Trinajstić information content (AvgIpc) is 2.44. The molecule has 1 aromatic rings. The Labute approximate surface area is 117 Å². The van der Waals surface area contributed by atoms with Crippen molar-refractivity contribution >= 4 is 0 Å². The second-order valence-electron chi connectivity index (χ2n) is 5.12. The fourth-order valence-electron chi connectivity index (χ4n) is 2.54. The molecule has 0 aromatic heterocycles. The smallest absolute Gasteiger partial charge is 0.119 e. The van der Waals surface area contributed by atoms with E-state index in [9.17, 15) is 0 Å². The van der Waals surface area contributed by atoms with Gasteiger partial charge in [-0.2, -0.15) is 0 Å². The van der Waals surface area contributed by atoms with Crippen LogP contribution in [0.5, 0.6) is 5.75 Å². The summed E-state index contributed by atoms with van der Waals surface area (Å²) in [6.07, 6.45) is 2.07. The summed E-state index contributed by atoms with van der Waals surface area (Å²) in [4.78, 5) is 0. The van der Waals surface area contributed by atoms with E-state index in [-0.39, 0.29) is 0 Å². The van der Waals surface area contributed by atoms with E-state index in [1.807, 2.05) is 6.92 Å². The van der Waals surface area contributed by atoms with Gasteiger partial charge in [-0.15, -0.1) is 0 Å². The van der Waals surface area contributed by atoms with E-state index in [1.54, 1.807) is 0 Å². The molecule has 108 valence electrons. The molecule has 0 aliphatic carbocycles. The van der Waals surface area contributed by atoms with Crippen LogP contribution in [0.15, 0.2) is 18.2 Å². The molecule has 0 fully saturated rings. The second-order valence-corrected chi connectivity index (χ2v) is 5.12. The van der Waals surface area contributed by atoms with Gasteiger partial charge in [0.15, 0.2) is 0 Å². The largest absolute Gasteiger partial charge is 0.494 e. The van der Waals surface area contributed by atoms with Crippen LogP contribution < -0.4 is 16.2 Å². The van der Waals surface area contributed by atoms with Crippen molar-refractivity contribution in [3.05, 3.63) is 29.3 Å². The molecule has 0 aliphatic rings. The highest BCUT2D eigenvalue weighted by atomic mass is 16.5. The lowest BCUT2D eigenvalue weighted by Crippen LogP contribution is -2.24. The van der Waals surface area contributed by atoms with Crippen LogP contribution in [0.4, 0.5) is 0 Å². The molecule has 0 saturated carbocycles. The molecule has 1 atom stereocenters. The number of rotatable bonds is 8. The van der Waals surface area contributed by atoms with Crippen molar-refractivity contribution in [2.24, 2.45) is 17.4 Å². The van der Waals surface area contributed by atoms with Crippen LogP contribution in [-0.4, -0.2) is 19.7 Å². The van der Waals surface area contributed by atoms with Gasteiger partial charge in [0.05, 0.1) is 6.61 Å². The van der Waals surface area contributed by atoms with Gasteiger partial charge in [-0.1, -0.05) is 19.9 Å². The minimum atomic E-state index is 0.409. The van der Waals surface area contributed by atoms with Crippen molar-refractivity contribution in [1.29, 1.82) is 0 Å². The Kier molecular flexibility index (Phi) is 6.89. The summed E-state index contributed by atoms with van der Waals surface area (Å²) in [6, 6.07) is 6.42. The molecular formula is C16H28N2O. The maximum Gasteiger partial charge on any atom is 0.119 e. The normalized spacial score (nSPS) is 12.7. The molecule has 4 N–H and O–H groups in total. The summed E-state index contributed by atoms with van der Waals surface area (Å²) < 4.78 is 5.57. The van der Waals surface area contributed by atoms with Gasteiger partial charge in [-0.05, 0) is 68.0 Å². The first kappa shape index (κ1) is 16.0. The van der Waals surface area contributed by atoms with E-state index in [4.69, 9.17) is 16.2 Å². The Morgan fingerprint density at radius 2 is 1.84 bits per heavy atom. The molecule has 19 heavy (non-hydrogen) atoms. The zero-order valence-corrected chi connectivity index (χ0v) is 12.5. The first-order valence-electron chi connectivity index (χ1n) is 7.31. The minimum Gasteiger partial charge on any atom is -0.494 e. The average molecular weight is 264 g/mol. The minimum absolute atomic E-state index is 0.409. The summed E-state index contributed by atoms with van der Waals surface area (Å²) >= 11 is 0. The maximum absolute atomic E-state index is 5.74. The highest BCUT2D eigenvalue weighted by Crippen LogP contribution is 2.29. The van der Waals surface area contributed by atoms with Crippen molar-refractivity contribution < 1.29 is 4.74 Å². The molecule has 1 unspecified atom stereocenters. The standard InChI is InChI=1S/C16H28N2O/c1-4-14-9-15(19-5-2)6-7-16(14)12(3)8-13(10-17)11-18/h6-7,9,12-13H,4-5,8,10-11,17-18H2,1-3H3. The quantitative estimate of drug-likeness (QED) is 0.759. The van der Waals surface area contributed by atoms with Crippen LogP contribution in [0.2, 0.25) is 0 Å². The van der Waals surface area contributed by atoms with Gasteiger partial charge < -0.3 is 16.2 Å². The Bertz CT molecular complexity index is 375. The molecule has 1 aromatic carbocycles. The first-order chi connectivity index (χ1) is 9.15. The van der Waals surface area contributed by atoms with Gasteiger partial charge in [-0.3, -0.25) is 0 Å². The van der Waals surface area contributed by atoms with Crippen molar-refractivity contribution in [1.82, 2.24) is 0 Å². The predicted molar refractivity (Wildman–Crippen MR) is 81.6 cm³/mol. The van der Waals surface area contributed by atoms with Crippen molar-refractivity contribution in [2.45, 2.75) is 39.5 Å². The zero-order chi connectivity index (χ0) is 14.3. The van der Waals surface area contributed by atoms with Gasteiger partial charge >= 0.3 is 0 Å². The summed E-state index contributed by atoms with van der Waals surface area (Å²) in [7, 11) is 0. The van der Waals surface area contributed by atoms with Gasteiger partial charge in [0.2, 0.25) is 0 Å². The Morgan fingerprint density at radius 1 is 1.16 bits per heavy atom. The van der Waals surface area contributed by atoms with E-state index in [1.165, 1.54) is 11.1 Å². The monoisotopic (exact) mass is 264 g/mol. The lowest BCUT2D eigenvalue weighted by molar-refractivity contribution is 0.339. The third-order valence-electron chi connectivity index (χ3n) is 3.69. The third kappa shape index (κ3) is 4.51. The fraction of sp³-hybridized carbons (Fsp3) is 0.625. The van der Waals surface area contributed by atoms with E-state index in [2.05, 4.69) is 32.0 Å². The van der Waals surface area contributed by atoms with E-state index in [0.29, 0.717) is 31.5 Å². The van der Waals surface area contributed by atoms with Crippen LogP contribution in [-0.2, 0) is 6.42 Å². The van der Waals surface area contributed by atoms with Gasteiger partial charge in [0.1, 0.15) is 5.75 Å². The van der Waals surface area contributed by atoms with Gasteiger partial charge in [-0.25, -0.2) is 0 Å². The summed E-state index contributed by atoms with van der Waals surface area (Å²) in [6.45, 7) is 8.49. The molecule has 3 heteroatoms. The van der Waals surface area contributed by atoms with Crippen LogP contribution >= 0.6 is 0 Å². The molecule has 0 radical (unpaired) electrons. The zero-order valence-electron chi connectivity index (χ0n) is 12.5. The van der Waals surface area contributed by atoms with Gasteiger partial charge in [0.25, 0.3) is 0 Å². The number of hydrogen-bond donors (Lipinski definition) is 2. The lowest BCUT2D eigenvalue weighted by Gasteiger charge is -2.21. The summed E-state index contributed by atoms with van der Waals surface area (Å²) in [5.74, 6) is 1.86. The number of hydrogen-bond acceptors (Lipinski definition) is 3. The second kappa shape index (κ2) is 8.18. The Hall–Kier alpha value is -1.06. The maximum atomic E-state index is 5.74. The van der Waals surface area contributed by atoms with Crippen LogP contribution in [0.3, 0.4) is 0 Å². The molecule has 0 bridgehead atoms. The molecule has 0 saturated heterocycles. The number of aryl methyl sites for hydroxylation is 1. The fourth-order valence-corrected chi connectivity index (χ4v) is 2.54. The molecule has 0 heterocycles. The predicted octanol–water partition coefficient (Wildman–Crippen LogP) is 2.67. The topological polar surface area (TPSA) is 61.3 Å². The Morgan fingerprint density at radius 3 is 2.37 bits per heavy atom. The van der Waals surface area contributed by atoms with E-state index < -0.39 is 0 Å². The molecule has 3 nitrogen and oxygen atoms in total. The summed E-state index contributed by atoms with van der Waals surface area (Å²) in [5.41, 5.74) is 14.3. The molecule has 0 spiro atoms. The molecular weight excluding hydrogens is 236 g/mol. The van der Waals surface area contributed by atoms with Crippen LogP contribution in [0.25, 0.3) is 0 Å². The number of nitrogens with two attached hydrogens (primary N) is 2. The lowest BCUT2D eigenvalue weighted by atomic mass is 9.87. The van der Waals surface area contributed by atoms with Crippen molar-refractivity contribution in [3.63, 3.8) is 0 Å². The third-order valence-corrected chi connectivity index (χ3v) is 3.69. The van der Waals surface area contributed by atoms with E-state index >= 15 is 0 Å².